The summed E-state index contributed by atoms with van der Waals surface area (Å²) in [6.07, 6.45) is 3.57. The van der Waals surface area contributed by atoms with Gasteiger partial charge in [-0.15, -0.1) is 0 Å². The van der Waals surface area contributed by atoms with Crippen molar-refractivity contribution in [3.63, 3.8) is 0 Å². The first-order valence-electron chi connectivity index (χ1n) is 5.84. The average molecular weight is 248 g/mol. The van der Waals surface area contributed by atoms with Crippen LogP contribution in [0.4, 0.5) is 0 Å². The van der Waals surface area contributed by atoms with Crippen LogP contribution in [0.25, 0.3) is 5.65 Å². The van der Waals surface area contributed by atoms with Crippen molar-refractivity contribution in [3.05, 3.63) is 35.8 Å². The standard InChI is InChI=1S/C13H16N2O3/c1-4-18-13(16)11-8-15-7-10(9(2)17-3)5-6-12(15)14-11/h5-9H,4H2,1-3H3/t9-/m1/s1. The van der Waals surface area contributed by atoms with Gasteiger partial charge in [0.1, 0.15) is 5.65 Å². The highest BCUT2D eigenvalue weighted by Crippen LogP contribution is 2.17. The average Bonchev–Trinajstić information content (AvgIpc) is 2.80. The Bertz CT molecular complexity index is 562. The number of methoxy groups -OCH3 is 1. The minimum Gasteiger partial charge on any atom is -0.461 e. The minimum absolute atomic E-state index is 0.00263. The summed E-state index contributed by atoms with van der Waals surface area (Å²) in [6.45, 7) is 4.08. The van der Waals surface area contributed by atoms with Crippen LogP contribution in [0.15, 0.2) is 24.5 Å². The maximum Gasteiger partial charge on any atom is 0.358 e. The van der Waals surface area contributed by atoms with Crippen LogP contribution in [-0.4, -0.2) is 29.1 Å². The molecule has 0 unspecified atom stereocenters. The lowest BCUT2D eigenvalue weighted by molar-refractivity contribution is 0.0520. The summed E-state index contributed by atoms with van der Waals surface area (Å²) in [7, 11) is 1.66. The van der Waals surface area contributed by atoms with Crippen molar-refractivity contribution in [3.8, 4) is 0 Å². The molecule has 0 saturated carbocycles. The Morgan fingerprint density at radius 2 is 2.22 bits per heavy atom. The number of hydrogen-bond acceptors (Lipinski definition) is 4. The van der Waals surface area contributed by atoms with Crippen LogP contribution in [0, 0.1) is 0 Å². The predicted molar refractivity (Wildman–Crippen MR) is 66.6 cm³/mol. The van der Waals surface area contributed by atoms with E-state index >= 15 is 0 Å². The number of fused-ring (bicyclic) bond motifs is 1. The van der Waals surface area contributed by atoms with Crippen LogP contribution >= 0.6 is 0 Å². The van der Waals surface area contributed by atoms with Crippen molar-refractivity contribution in [2.24, 2.45) is 0 Å². The molecule has 0 spiro atoms. The summed E-state index contributed by atoms with van der Waals surface area (Å²) in [5, 5.41) is 0. The highest BCUT2D eigenvalue weighted by atomic mass is 16.5. The molecule has 2 rings (SSSR count). The molecule has 18 heavy (non-hydrogen) atoms. The number of aromatic nitrogens is 2. The third-order valence-corrected chi connectivity index (χ3v) is 2.78. The molecular formula is C13H16N2O3. The quantitative estimate of drug-likeness (QED) is 0.778. The fraction of sp³-hybridized carbons (Fsp3) is 0.385. The van der Waals surface area contributed by atoms with E-state index in [2.05, 4.69) is 4.98 Å². The lowest BCUT2D eigenvalue weighted by Gasteiger charge is -2.09. The van der Waals surface area contributed by atoms with Crippen LogP contribution in [0.2, 0.25) is 0 Å². The number of rotatable bonds is 4. The molecule has 96 valence electrons. The molecule has 5 nitrogen and oxygen atoms in total. The normalized spacial score (nSPS) is 12.6. The third kappa shape index (κ3) is 2.36. The van der Waals surface area contributed by atoms with Gasteiger partial charge in [-0.3, -0.25) is 0 Å². The van der Waals surface area contributed by atoms with E-state index in [1.165, 1.54) is 0 Å². The Hall–Kier alpha value is -1.88. The van der Waals surface area contributed by atoms with Crippen LogP contribution in [0.3, 0.4) is 0 Å². The van der Waals surface area contributed by atoms with Gasteiger partial charge >= 0.3 is 5.97 Å². The van der Waals surface area contributed by atoms with Crippen molar-refractivity contribution in [1.29, 1.82) is 0 Å². The van der Waals surface area contributed by atoms with Crippen LogP contribution in [-0.2, 0) is 9.47 Å². The predicted octanol–water partition coefficient (Wildman–Crippen LogP) is 2.22. The molecule has 0 N–H and O–H groups in total. The van der Waals surface area contributed by atoms with E-state index in [9.17, 15) is 4.79 Å². The van der Waals surface area contributed by atoms with Gasteiger partial charge in [0.15, 0.2) is 5.69 Å². The van der Waals surface area contributed by atoms with Crippen LogP contribution < -0.4 is 0 Å². The monoisotopic (exact) mass is 248 g/mol. The second-order valence-corrected chi connectivity index (χ2v) is 3.95. The van der Waals surface area contributed by atoms with Gasteiger partial charge in [0.25, 0.3) is 0 Å². The SMILES string of the molecule is CCOC(=O)c1cn2cc([C@@H](C)OC)ccc2n1. The van der Waals surface area contributed by atoms with Gasteiger partial charge in [0.2, 0.25) is 0 Å². The smallest absolute Gasteiger partial charge is 0.358 e. The van der Waals surface area contributed by atoms with Gasteiger partial charge in [0, 0.05) is 19.5 Å². The number of imidazole rings is 1. The lowest BCUT2D eigenvalue weighted by atomic mass is 10.2. The molecule has 0 aromatic carbocycles. The summed E-state index contributed by atoms with van der Waals surface area (Å²) < 4.78 is 12.0. The molecule has 0 aliphatic carbocycles. The fourth-order valence-electron chi connectivity index (χ4n) is 1.69. The fourth-order valence-corrected chi connectivity index (χ4v) is 1.69. The summed E-state index contributed by atoms with van der Waals surface area (Å²) in [4.78, 5) is 15.8. The van der Waals surface area contributed by atoms with E-state index in [0.717, 1.165) is 5.56 Å². The van der Waals surface area contributed by atoms with Crippen molar-refractivity contribution in [2.75, 3.05) is 13.7 Å². The van der Waals surface area contributed by atoms with Crippen molar-refractivity contribution < 1.29 is 14.3 Å². The first kappa shape index (κ1) is 12.6. The maximum atomic E-state index is 11.6. The lowest BCUT2D eigenvalue weighted by Crippen LogP contribution is -2.04. The summed E-state index contributed by atoms with van der Waals surface area (Å²) >= 11 is 0. The first-order chi connectivity index (χ1) is 8.65. The number of esters is 1. The van der Waals surface area contributed by atoms with Gasteiger partial charge in [-0.05, 0) is 25.5 Å². The Morgan fingerprint density at radius 1 is 1.44 bits per heavy atom. The van der Waals surface area contributed by atoms with Crippen molar-refractivity contribution in [1.82, 2.24) is 9.38 Å². The largest absolute Gasteiger partial charge is 0.461 e. The van der Waals surface area contributed by atoms with E-state index in [-0.39, 0.29) is 6.10 Å². The molecule has 0 saturated heterocycles. The highest BCUT2D eigenvalue weighted by molar-refractivity contribution is 5.87. The Labute approximate surface area is 105 Å². The number of nitrogens with zero attached hydrogens (tertiary/aromatic N) is 2. The number of pyridine rings is 1. The molecule has 1 atom stereocenters. The molecule has 2 heterocycles. The zero-order chi connectivity index (χ0) is 13.1. The molecular weight excluding hydrogens is 232 g/mol. The molecule has 0 fully saturated rings. The number of ether oxygens (including phenoxy) is 2. The number of hydrogen-bond donors (Lipinski definition) is 0. The van der Waals surface area contributed by atoms with E-state index in [0.29, 0.717) is 17.9 Å². The summed E-state index contributed by atoms with van der Waals surface area (Å²) in [5.41, 5.74) is 2.06. The summed E-state index contributed by atoms with van der Waals surface area (Å²) in [6, 6.07) is 3.79. The molecule has 0 amide bonds. The first-order valence-corrected chi connectivity index (χ1v) is 5.84. The van der Waals surface area contributed by atoms with Gasteiger partial charge < -0.3 is 13.9 Å². The van der Waals surface area contributed by atoms with Gasteiger partial charge in [-0.2, -0.15) is 0 Å². The highest BCUT2D eigenvalue weighted by Gasteiger charge is 2.12. The molecule has 0 aliphatic heterocycles. The van der Waals surface area contributed by atoms with E-state index in [1.54, 1.807) is 24.6 Å². The second kappa shape index (κ2) is 5.18. The zero-order valence-corrected chi connectivity index (χ0v) is 10.7. The summed E-state index contributed by atoms with van der Waals surface area (Å²) in [5.74, 6) is -0.400. The van der Waals surface area contributed by atoms with E-state index < -0.39 is 5.97 Å². The van der Waals surface area contributed by atoms with E-state index in [4.69, 9.17) is 9.47 Å². The zero-order valence-electron chi connectivity index (χ0n) is 10.7. The van der Waals surface area contributed by atoms with Gasteiger partial charge in [0.05, 0.1) is 12.7 Å². The molecule has 2 aromatic rings. The van der Waals surface area contributed by atoms with Gasteiger partial charge in [-0.25, -0.2) is 9.78 Å². The molecule has 0 bridgehead atoms. The number of carbonyl (C=O) groups is 1. The van der Waals surface area contributed by atoms with Crippen LogP contribution in [0.5, 0.6) is 0 Å². The van der Waals surface area contributed by atoms with Crippen LogP contribution in [0.1, 0.15) is 36.0 Å². The third-order valence-electron chi connectivity index (χ3n) is 2.78. The molecule has 0 radical (unpaired) electrons. The van der Waals surface area contributed by atoms with Gasteiger partial charge in [-0.1, -0.05) is 6.07 Å². The topological polar surface area (TPSA) is 52.8 Å². The molecule has 2 aromatic heterocycles. The Kier molecular flexibility index (Phi) is 3.62. The minimum atomic E-state index is -0.400. The van der Waals surface area contributed by atoms with Crippen molar-refractivity contribution >= 4 is 11.6 Å². The molecule has 5 heteroatoms. The van der Waals surface area contributed by atoms with Crippen molar-refractivity contribution in [2.45, 2.75) is 20.0 Å². The Morgan fingerprint density at radius 3 is 2.89 bits per heavy atom. The number of carbonyl (C=O) groups excluding carboxylic acids is 1. The Balaban J connectivity index is 2.36. The molecule has 0 aliphatic rings. The maximum absolute atomic E-state index is 11.6. The van der Waals surface area contributed by atoms with E-state index in [1.807, 2.05) is 25.3 Å². The second-order valence-electron chi connectivity index (χ2n) is 3.95.